The molecule has 4 nitrogen and oxygen atoms in total. The highest BCUT2D eigenvalue weighted by Gasteiger charge is 2.29. The molecular formula is C19H30FN3O. The highest BCUT2D eigenvalue weighted by molar-refractivity contribution is 5.79. The van der Waals surface area contributed by atoms with Crippen LogP contribution in [0, 0.1) is 5.82 Å². The fraction of sp³-hybridized carbons (Fsp3) is 0.632. The number of halogens is 1. The van der Waals surface area contributed by atoms with Crippen LogP contribution in [-0.4, -0.2) is 54.0 Å². The summed E-state index contributed by atoms with van der Waals surface area (Å²) in [7, 11) is 1.97. The summed E-state index contributed by atoms with van der Waals surface area (Å²) in [5, 5.41) is 3.30. The zero-order chi connectivity index (χ0) is 17.7. The number of hydrogen-bond acceptors (Lipinski definition) is 3. The van der Waals surface area contributed by atoms with Gasteiger partial charge in [0.25, 0.3) is 0 Å². The number of piperidine rings is 1. The molecule has 1 N–H and O–H groups in total. The minimum atomic E-state index is -0.304. The largest absolute Gasteiger partial charge is 0.332 e. The summed E-state index contributed by atoms with van der Waals surface area (Å²) < 4.78 is 13.5. The Hall–Kier alpha value is -1.46. The molecule has 1 amide bonds. The molecule has 134 valence electrons. The minimum absolute atomic E-state index is 0.100. The zero-order valence-electron chi connectivity index (χ0n) is 15.3. The number of likely N-dealkylation sites (N-methyl/N-ethyl adjacent to an activating group) is 1. The van der Waals surface area contributed by atoms with Gasteiger partial charge in [-0.25, -0.2) is 4.39 Å². The Morgan fingerprint density at radius 1 is 1.42 bits per heavy atom. The first-order valence-electron chi connectivity index (χ1n) is 8.74. The van der Waals surface area contributed by atoms with Crippen molar-refractivity contribution in [2.45, 2.75) is 51.7 Å². The molecule has 1 aliphatic rings. The monoisotopic (exact) mass is 335 g/mol. The summed E-state index contributed by atoms with van der Waals surface area (Å²) in [5.41, 5.74) is 0.520. The lowest BCUT2D eigenvalue weighted by Crippen LogP contribution is -2.52. The SMILES string of the molecule is CNC1CCCN(CC(=O)N(Cc2cccc(F)c2)C(C)(C)C)C1. The standard InChI is InChI=1S/C19H30FN3O/c1-19(2,3)23(12-15-7-5-8-16(20)11-15)18(24)14-22-10-6-9-17(13-22)21-4/h5,7-8,11,17,21H,6,9-10,12-14H2,1-4H3. The molecule has 5 heteroatoms. The first kappa shape index (κ1) is 18.9. The average molecular weight is 335 g/mol. The van der Waals surface area contributed by atoms with Gasteiger partial charge in [0, 0.05) is 24.7 Å². The highest BCUT2D eigenvalue weighted by atomic mass is 19.1. The molecule has 1 atom stereocenters. The smallest absolute Gasteiger partial charge is 0.237 e. The fourth-order valence-corrected chi connectivity index (χ4v) is 3.23. The fourth-order valence-electron chi connectivity index (χ4n) is 3.23. The quantitative estimate of drug-likeness (QED) is 0.898. The van der Waals surface area contributed by atoms with Crippen LogP contribution in [0.1, 0.15) is 39.2 Å². The van der Waals surface area contributed by atoms with E-state index < -0.39 is 0 Å². The van der Waals surface area contributed by atoms with Crippen molar-refractivity contribution >= 4 is 5.91 Å². The molecule has 0 aliphatic carbocycles. The number of carbonyl (C=O) groups excluding carboxylic acids is 1. The van der Waals surface area contributed by atoms with Gasteiger partial charge in [-0.2, -0.15) is 0 Å². The van der Waals surface area contributed by atoms with Crippen molar-refractivity contribution < 1.29 is 9.18 Å². The van der Waals surface area contributed by atoms with Crippen LogP contribution in [0.3, 0.4) is 0 Å². The highest BCUT2D eigenvalue weighted by Crippen LogP contribution is 2.19. The minimum Gasteiger partial charge on any atom is -0.332 e. The number of nitrogens with one attached hydrogen (secondary N) is 1. The number of amides is 1. The average Bonchev–Trinajstić information content (AvgIpc) is 2.51. The van der Waals surface area contributed by atoms with Crippen molar-refractivity contribution in [3.05, 3.63) is 35.6 Å². The van der Waals surface area contributed by atoms with E-state index in [0.717, 1.165) is 31.5 Å². The van der Waals surface area contributed by atoms with Gasteiger partial charge in [0.2, 0.25) is 5.91 Å². The lowest BCUT2D eigenvalue weighted by molar-refractivity contribution is -0.138. The van der Waals surface area contributed by atoms with Crippen molar-refractivity contribution in [3.63, 3.8) is 0 Å². The molecule has 2 rings (SSSR count). The van der Waals surface area contributed by atoms with Crippen LogP contribution in [0.15, 0.2) is 24.3 Å². The van der Waals surface area contributed by atoms with Crippen molar-refractivity contribution in [1.82, 2.24) is 15.1 Å². The van der Waals surface area contributed by atoms with Crippen LogP contribution in [0.5, 0.6) is 0 Å². The molecule has 0 aromatic heterocycles. The molecular weight excluding hydrogens is 305 g/mol. The molecule has 1 heterocycles. The van der Waals surface area contributed by atoms with E-state index in [1.807, 2.05) is 38.8 Å². The van der Waals surface area contributed by atoms with Crippen molar-refractivity contribution in [2.24, 2.45) is 0 Å². The maximum absolute atomic E-state index is 13.5. The number of rotatable bonds is 5. The van der Waals surface area contributed by atoms with Gasteiger partial charge in [-0.3, -0.25) is 9.69 Å². The number of nitrogens with zero attached hydrogens (tertiary/aromatic N) is 2. The molecule has 1 aliphatic heterocycles. The predicted octanol–water partition coefficient (Wildman–Crippen LogP) is 2.64. The number of likely N-dealkylation sites (tertiary alicyclic amines) is 1. The van der Waals surface area contributed by atoms with Crippen LogP contribution in [0.2, 0.25) is 0 Å². The number of carbonyl (C=O) groups is 1. The van der Waals surface area contributed by atoms with E-state index in [0.29, 0.717) is 19.1 Å². The first-order valence-corrected chi connectivity index (χ1v) is 8.74. The molecule has 0 radical (unpaired) electrons. The van der Waals surface area contributed by atoms with Crippen LogP contribution in [-0.2, 0) is 11.3 Å². The van der Waals surface area contributed by atoms with E-state index in [4.69, 9.17) is 0 Å². The molecule has 1 aromatic carbocycles. The van der Waals surface area contributed by atoms with Crippen molar-refractivity contribution in [2.75, 3.05) is 26.7 Å². The van der Waals surface area contributed by atoms with Gasteiger partial charge in [-0.05, 0) is 64.9 Å². The molecule has 1 unspecified atom stereocenters. The van der Waals surface area contributed by atoms with E-state index in [1.54, 1.807) is 6.07 Å². The Bertz CT molecular complexity index is 556. The van der Waals surface area contributed by atoms with Gasteiger partial charge in [0.15, 0.2) is 0 Å². The Morgan fingerprint density at radius 2 is 2.17 bits per heavy atom. The topological polar surface area (TPSA) is 35.6 Å². The third kappa shape index (κ3) is 5.28. The van der Waals surface area contributed by atoms with Crippen LogP contribution in [0.4, 0.5) is 4.39 Å². The van der Waals surface area contributed by atoms with Gasteiger partial charge in [0.05, 0.1) is 6.54 Å². The molecule has 1 aromatic rings. The second-order valence-corrected chi connectivity index (χ2v) is 7.64. The lowest BCUT2D eigenvalue weighted by atomic mass is 10.0. The van der Waals surface area contributed by atoms with E-state index in [1.165, 1.54) is 12.1 Å². The van der Waals surface area contributed by atoms with E-state index >= 15 is 0 Å². The maximum atomic E-state index is 13.5. The van der Waals surface area contributed by atoms with Crippen LogP contribution in [0.25, 0.3) is 0 Å². The molecule has 1 fully saturated rings. The maximum Gasteiger partial charge on any atom is 0.237 e. The Balaban J connectivity index is 2.05. The zero-order valence-corrected chi connectivity index (χ0v) is 15.3. The Labute approximate surface area is 145 Å². The van der Waals surface area contributed by atoms with Crippen molar-refractivity contribution in [3.8, 4) is 0 Å². The molecule has 24 heavy (non-hydrogen) atoms. The second-order valence-electron chi connectivity index (χ2n) is 7.64. The van der Waals surface area contributed by atoms with Gasteiger partial charge < -0.3 is 10.2 Å². The van der Waals surface area contributed by atoms with E-state index in [9.17, 15) is 9.18 Å². The molecule has 0 bridgehead atoms. The Kier molecular flexibility index (Phi) is 6.35. The summed E-state index contributed by atoms with van der Waals surface area (Å²) in [6, 6.07) is 6.95. The third-order valence-electron chi connectivity index (χ3n) is 4.61. The number of hydrogen-bond donors (Lipinski definition) is 1. The van der Waals surface area contributed by atoms with Crippen molar-refractivity contribution in [1.29, 1.82) is 0 Å². The Morgan fingerprint density at radius 3 is 2.79 bits per heavy atom. The summed E-state index contributed by atoms with van der Waals surface area (Å²) in [5.74, 6) is -0.162. The van der Waals surface area contributed by atoms with Gasteiger partial charge >= 0.3 is 0 Å². The normalized spacial score (nSPS) is 19.3. The third-order valence-corrected chi connectivity index (χ3v) is 4.61. The number of benzene rings is 1. The van der Waals surface area contributed by atoms with Gasteiger partial charge in [-0.1, -0.05) is 12.1 Å². The summed E-state index contributed by atoms with van der Waals surface area (Å²) in [6.45, 7) is 8.79. The van der Waals surface area contributed by atoms with Crippen LogP contribution >= 0.6 is 0 Å². The van der Waals surface area contributed by atoms with Crippen LogP contribution < -0.4 is 5.32 Å². The summed E-state index contributed by atoms with van der Waals surface area (Å²) >= 11 is 0. The predicted molar refractivity (Wildman–Crippen MR) is 95.2 cm³/mol. The lowest BCUT2D eigenvalue weighted by Gasteiger charge is -2.39. The summed E-state index contributed by atoms with van der Waals surface area (Å²) in [6.07, 6.45) is 2.27. The first-order chi connectivity index (χ1) is 11.3. The van der Waals surface area contributed by atoms with E-state index in [-0.39, 0.29) is 17.3 Å². The van der Waals surface area contributed by atoms with Gasteiger partial charge in [-0.15, -0.1) is 0 Å². The molecule has 0 saturated carbocycles. The van der Waals surface area contributed by atoms with E-state index in [2.05, 4.69) is 10.2 Å². The summed E-state index contributed by atoms with van der Waals surface area (Å²) in [4.78, 5) is 17.0. The van der Waals surface area contributed by atoms with Gasteiger partial charge in [0.1, 0.15) is 5.82 Å². The molecule has 0 spiro atoms. The molecule has 1 saturated heterocycles. The second kappa shape index (κ2) is 8.08.